The zero-order valence-corrected chi connectivity index (χ0v) is 10.7. The minimum atomic E-state index is 0.357. The summed E-state index contributed by atoms with van der Waals surface area (Å²) in [7, 11) is 1.67. The van der Waals surface area contributed by atoms with Gasteiger partial charge in [-0.3, -0.25) is 0 Å². The van der Waals surface area contributed by atoms with Crippen molar-refractivity contribution in [1.82, 2.24) is 0 Å². The predicted octanol–water partition coefficient (Wildman–Crippen LogP) is 2.26. The number of hydrogen-bond donors (Lipinski definition) is 2. The van der Waals surface area contributed by atoms with Gasteiger partial charge in [0.2, 0.25) is 0 Å². The second-order valence-corrected chi connectivity index (χ2v) is 5.17. The van der Waals surface area contributed by atoms with Crippen LogP contribution in [0.2, 0.25) is 0 Å². The third-order valence-corrected chi connectivity index (χ3v) is 3.82. The van der Waals surface area contributed by atoms with E-state index in [-0.39, 0.29) is 0 Å². The Balaban J connectivity index is 1.74. The lowest BCUT2D eigenvalue weighted by Gasteiger charge is -2.21. The molecule has 2 aliphatic rings. The highest BCUT2D eigenvalue weighted by molar-refractivity contribution is 5.68. The largest absolute Gasteiger partial charge is 0.497 e. The van der Waals surface area contributed by atoms with Gasteiger partial charge in [-0.15, -0.1) is 0 Å². The monoisotopic (exact) mass is 248 g/mol. The van der Waals surface area contributed by atoms with Crippen LogP contribution >= 0.6 is 0 Å². The molecule has 1 aliphatic carbocycles. The van der Waals surface area contributed by atoms with E-state index in [9.17, 15) is 0 Å². The summed E-state index contributed by atoms with van der Waals surface area (Å²) in [5.41, 5.74) is 7.72. The summed E-state index contributed by atoms with van der Waals surface area (Å²) in [6, 6.07) is 6.09. The number of nitrogens with two attached hydrogens (primary N) is 1. The first kappa shape index (κ1) is 11.7. The van der Waals surface area contributed by atoms with Gasteiger partial charge in [-0.25, -0.2) is 0 Å². The van der Waals surface area contributed by atoms with Gasteiger partial charge in [0.15, 0.2) is 0 Å². The SMILES string of the molecule is COc1ccc(N)c(NC2CCOC2C2CC2)c1. The van der Waals surface area contributed by atoms with E-state index in [1.54, 1.807) is 7.11 Å². The van der Waals surface area contributed by atoms with Crippen LogP contribution < -0.4 is 15.8 Å². The fraction of sp³-hybridized carbons (Fsp3) is 0.571. The molecule has 0 radical (unpaired) electrons. The topological polar surface area (TPSA) is 56.5 Å². The summed E-state index contributed by atoms with van der Waals surface area (Å²) in [6.45, 7) is 0.850. The quantitative estimate of drug-likeness (QED) is 0.802. The molecule has 3 N–H and O–H groups in total. The highest BCUT2D eigenvalue weighted by atomic mass is 16.5. The van der Waals surface area contributed by atoms with E-state index in [0.717, 1.165) is 36.1 Å². The van der Waals surface area contributed by atoms with Crippen LogP contribution in [0.3, 0.4) is 0 Å². The van der Waals surface area contributed by atoms with E-state index in [0.29, 0.717) is 12.1 Å². The second-order valence-electron chi connectivity index (χ2n) is 5.17. The molecule has 2 fully saturated rings. The van der Waals surface area contributed by atoms with Gasteiger partial charge in [0.1, 0.15) is 5.75 Å². The normalized spacial score (nSPS) is 27.2. The second kappa shape index (κ2) is 4.69. The van der Waals surface area contributed by atoms with Crippen molar-refractivity contribution >= 4 is 11.4 Å². The minimum Gasteiger partial charge on any atom is -0.497 e. The number of hydrogen-bond acceptors (Lipinski definition) is 4. The number of anilines is 2. The first-order valence-corrected chi connectivity index (χ1v) is 6.59. The van der Waals surface area contributed by atoms with Crippen LogP contribution in [0.5, 0.6) is 5.75 Å². The van der Waals surface area contributed by atoms with Gasteiger partial charge in [0.05, 0.1) is 30.6 Å². The Morgan fingerprint density at radius 2 is 2.17 bits per heavy atom. The summed E-state index contributed by atoms with van der Waals surface area (Å²) >= 11 is 0. The third kappa shape index (κ3) is 2.25. The van der Waals surface area contributed by atoms with Crippen LogP contribution in [-0.4, -0.2) is 25.9 Å². The van der Waals surface area contributed by atoms with Crippen LogP contribution in [0.15, 0.2) is 18.2 Å². The van der Waals surface area contributed by atoms with Crippen molar-refractivity contribution in [2.75, 3.05) is 24.8 Å². The molecular weight excluding hydrogens is 228 g/mol. The lowest BCUT2D eigenvalue weighted by atomic mass is 10.1. The van der Waals surface area contributed by atoms with Crippen LogP contribution in [0, 0.1) is 5.92 Å². The molecule has 4 heteroatoms. The molecule has 1 saturated carbocycles. The van der Waals surface area contributed by atoms with Gasteiger partial charge in [-0.05, 0) is 37.3 Å². The van der Waals surface area contributed by atoms with E-state index >= 15 is 0 Å². The van der Waals surface area contributed by atoms with Gasteiger partial charge >= 0.3 is 0 Å². The Kier molecular flexibility index (Phi) is 3.04. The summed E-state index contributed by atoms with van der Waals surface area (Å²) in [5, 5.41) is 3.53. The summed E-state index contributed by atoms with van der Waals surface area (Å²) in [6.07, 6.45) is 4.01. The van der Waals surface area contributed by atoms with Crippen LogP contribution in [0.25, 0.3) is 0 Å². The zero-order chi connectivity index (χ0) is 12.5. The molecule has 0 aromatic heterocycles. The highest BCUT2D eigenvalue weighted by Crippen LogP contribution is 2.40. The maximum absolute atomic E-state index is 6.00. The van der Waals surface area contributed by atoms with Gasteiger partial charge in [0, 0.05) is 12.7 Å². The number of nitrogens with one attached hydrogen (secondary N) is 1. The third-order valence-electron chi connectivity index (χ3n) is 3.82. The molecule has 3 rings (SSSR count). The average molecular weight is 248 g/mol. The van der Waals surface area contributed by atoms with Crippen molar-refractivity contribution in [2.45, 2.75) is 31.4 Å². The Labute approximate surface area is 107 Å². The van der Waals surface area contributed by atoms with Crippen molar-refractivity contribution in [3.8, 4) is 5.75 Å². The molecule has 0 bridgehead atoms. The van der Waals surface area contributed by atoms with Gasteiger partial charge in [-0.1, -0.05) is 0 Å². The van der Waals surface area contributed by atoms with Crippen LogP contribution in [-0.2, 0) is 4.74 Å². The number of nitrogen functional groups attached to an aromatic ring is 1. The summed E-state index contributed by atoms with van der Waals surface area (Å²) < 4.78 is 11.1. The molecule has 1 saturated heterocycles. The van der Waals surface area contributed by atoms with Gasteiger partial charge in [0.25, 0.3) is 0 Å². The molecule has 1 aliphatic heterocycles. The minimum absolute atomic E-state index is 0.357. The van der Waals surface area contributed by atoms with E-state index in [1.807, 2.05) is 18.2 Å². The molecular formula is C14H20N2O2. The molecule has 1 aromatic carbocycles. The number of benzene rings is 1. The molecule has 98 valence electrons. The number of ether oxygens (including phenoxy) is 2. The van der Waals surface area contributed by atoms with Crippen molar-refractivity contribution in [1.29, 1.82) is 0 Å². The summed E-state index contributed by atoms with van der Waals surface area (Å²) in [5.74, 6) is 1.57. The van der Waals surface area contributed by atoms with Crippen molar-refractivity contribution in [3.63, 3.8) is 0 Å². The number of methoxy groups -OCH3 is 1. The Morgan fingerprint density at radius 3 is 2.89 bits per heavy atom. The van der Waals surface area contributed by atoms with Crippen molar-refractivity contribution in [3.05, 3.63) is 18.2 Å². The zero-order valence-electron chi connectivity index (χ0n) is 10.7. The smallest absolute Gasteiger partial charge is 0.121 e. The van der Waals surface area contributed by atoms with E-state index in [2.05, 4.69) is 5.32 Å². The van der Waals surface area contributed by atoms with Crippen LogP contribution in [0.4, 0.5) is 11.4 Å². The van der Waals surface area contributed by atoms with Crippen molar-refractivity contribution in [2.24, 2.45) is 5.92 Å². The standard InChI is InChI=1S/C14H20N2O2/c1-17-10-4-5-11(15)13(8-10)16-12-6-7-18-14(12)9-2-3-9/h4-5,8-9,12,14,16H,2-3,6-7,15H2,1H3. The van der Waals surface area contributed by atoms with E-state index in [4.69, 9.17) is 15.2 Å². The predicted molar refractivity (Wildman–Crippen MR) is 71.9 cm³/mol. The fourth-order valence-electron chi connectivity index (χ4n) is 2.64. The molecule has 0 amide bonds. The maximum atomic E-state index is 6.00. The Hall–Kier alpha value is -1.42. The number of rotatable bonds is 4. The molecule has 4 nitrogen and oxygen atoms in total. The Morgan fingerprint density at radius 1 is 1.33 bits per heavy atom. The Bertz CT molecular complexity index is 432. The molecule has 1 aromatic rings. The summed E-state index contributed by atoms with van der Waals surface area (Å²) in [4.78, 5) is 0. The lowest BCUT2D eigenvalue weighted by molar-refractivity contribution is 0.0898. The van der Waals surface area contributed by atoms with E-state index in [1.165, 1.54) is 12.8 Å². The molecule has 2 unspecified atom stereocenters. The average Bonchev–Trinajstić information content (AvgIpc) is 3.13. The van der Waals surface area contributed by atoms with Gasteiger partial charge in [-0.2, -0.15) is 0 Å². The molecule has 0 spiro atoms. The highest BCUT2D eigenvalue weighted by Gasteiger charge is 2.40. The molecule has 18 heavy (non-hydrogen) atoms. The molecule has 1 heterocycles. The van der Waals surface area contributed by atoms with Crippen molar-refractivity contribution < 1.29 is 9.47 Å². The fourth-order valence-corrected chi connectivity index (χ4v) is 2.64. The van der Waals surface area contributed by atoms with Gasteiger partial charge < -0.3 is 20.5 Å². The first-order valence-electron chi connectivity index (χ1n) is 6.59. The van der Waals surface area contributed by atoms with Crippen LogP contribution in [0.1, 0.15) is 19.3 Å². The molecule has 2 atom stereocenters. The first-order chi connectivity index (χ1) is 8.78. The lowest BCUT2D eigenvalue weighted by Crippen LogP contribution is -2.31. The van der Waals surface area contributed by atoms with E-state index < -0.39 is 0 Å². The maximum Gasteiger partial charge on any atom is 0.121 e.